The standard InChI is InChI=1S/C16H26N2O2/c1-4-5-6-7-10-13(3)20-15-12(2)9-8-11-14(15)16(17)18-19/h8-9,11,13,19H,4-7,10H2,1-3H3,(H2,17,18). The minimum Gasteiger partial charge on any atom is -0.490 e. The number of ether oxygens (including phenoxy) is 1. The summed E-state index contributed by atoms with van der Waals surface area (Å²) in [5.41, 5.74) is 7.34. The Balaban J connectivity index is 2.71. The van der Waals surface area contributed by atoms with Crippen LogP contribution in [-0.2, 0) is 0 Å². The highest BCUT2D eigenvalue weighted by Gasteiger charge is 2.13. The molecule has 1 aromatic carbocycles. The van der Waals surface area contributed by atoms with Gasteiger partial charge < -0.3 is 15.7 Å². The second kappa shape index (κ2) is 8.46. The molecule has 0 heterocycles. The lowest BCUT2D eigenvalue weighted by molar-refractivity contribution is 0.204. The molecule has 1 rings (SSSR count). The van der Waals surface area contributed by atoms with Crippen LogP contribution in [0.3, 0.4) is 0 Å². The number of benzene rings is 1. The summed E-state index contributed by atoms with van der Waals surface area (Å²) in [4.78, 5) is 0. The quantitative estimate of drug-likeness (QED) is 0.250. The molecule has 1 aromatic rings. The lowest BCUT2D eigenvalue weighted by Gasteiger charge is -2.19. The molecular formula is C16H26N2O2. The maximum Gasteiger partial charge on any atom is 0.173 e. The van der Waals surface area contributed by atoms with E-state index in [1.165, 1.54) is 25.7 Å². The molecule has 20 heavy (non-hydrogen) atoms. The molecule has 0 spiro atoms. The van der Waals surface area contributed by atoms with Crippen LogP contribution in [0.25, 0.3) is 0 Å². The van der Waals surface area contributed by atoms with E-state index in [0.29, 0.717) is 11.3 Å². The first kappa shape index (κ1) is 16.3. The van der Waals surface area contributed by atoms with E-state index in [9.17, 15) is 0 Å². The molecule has 0 radical (unpaired) electrons. The number of amidine groups is 1. The van der Waals surface area contributed by atoms with Crippen LogP contribution in [0.4, 0.5) is 0 Å². The molecule has 0 bridgehead atoms. The summed E-state index contributed by atoms with van der Waals surface area (Å²) in [7, 11) is 0. The predicted octanol–water partition coefficient (Wildman–Crippen LogP) is 3.83. The van der Waals surface area contributed by atoms with Crippen LogP contribution < -0.4 is 10.5 Å². The molecule has 4 nitrogen and oxygen atoms in total. The normalized spacial score (nSPS) is 13.2. The van der Waals surface area contributed by atoms with Crippen LogP contribution in [0.1, 0.15) is 57.1 Å². The highest BCUT2D eigenvalue weighted by molar-refractivity contribution is 5.99. The van der Waals surface area contributed by atoms with E-state index in [2.05, 4.69) is 19.0 Å². The molecule has 1 unspecified atom stereocenters. The molecule has 1 atom stereocenters. The molecule has 0 saturated carbocycles. The van der Waals surface area contributed by atoms with Crippen LogP contribution in [0.2, 0.25) is 0 Å². The van der Waals surface area contributed by atoms with E-state index in [1.54, 1.807) is 6.07 Å². The molecular weight excluding hydrogens is 252 g/mol. The zero-order valence-corrected chi connectivity index (χ0v) is 12.7. The Morgan fingerprint density at radius 3 is 2.75 bits per heavy atom. The molecule has 0 aliphatic rings. The molecule has 0 saturated heterocycles. The Morgan fingerprint density at radius 1 is 1.35 bits per heavy atom. The van der Waals surface area contributed by atoms with Gasteiger partial charge in [0.2, 0.25) is 0 Å². The first-order valence-electron chi connectivity index (χ1n) is 7.34. The van der Waals surface area contributed by atoms with Crippen LogP contribution in [0, 0.1) is 6.92 Å². The topological polar surface area (TPSA) is 67.8 Å². The summed E-state index contributed by atoms with van der Waals surface area (Å²) in [6, 6.07) is 5.65. The van der Waals surface area contributed by atoms with Gasteiger partial charge in [-0.15, -0.1) is 0 Å². The number of para-hydroxylation sites is 1. The highest BCUT2D eigenvalue weighted by atomic mass is 16.5. The zero-order chi connectivity index (χ0) is 15.0. The van der Waals surface area contributed by atoms with Gasteiger partial charge in [-0.1, -0.05) is 43.5 Å². The van der Waals surface area contributed by atoms with Crippen molar-refractivity contribution in [2.75, 3.05) is 0 Å². The molecule has 3 N–H and O–H groups in total. The fourth-order valence-electron chi connectivity index (χ4n) is 2.18. The van der Waals surface area contributed by atoms with E-state index in [-0.39, 0.29) is 11.9 Å². The average molecular weight is 278 g/mol. The Morgan fingerprint density at radius 2 is 2.10 bits per heavy atom. The van der Waals surface area contributed by atoms with Gasteiger partial charge in [0.1, 0.15) is 5.75 Å². The number of nitrogens with two attached hydrogens (primary N) is 1. The highest BCUT2D eigenvalue weighted by Crippen LogP contribution is 2.25. The second-order valence-corrected chi connectivity index (χ2v) is 5.21. The maximum absolute atomic E-state index is 8.85. The van der Waals surface area contributed by atoms with Crippen LogP contribution in [-0.4, -0.2) is 17.1 Å². The molecule has 0 aliphatic carbocycles. The molecule has 0 aliphatic heterocycles. The number of hydrogen-bond donors (Lipinski definition) is 2. The third kappa shape index (κ3) is 4.76. The lowest BCUT2D eigenvalue weighted by atomic mass is 10.1. The minimum atomic E-state index is 0.0851. The first-order valence-corrected chi connectivity index (χ1v) is 7.34. The molecule has 0 aromatic heterocycles. The molecule has 4 heteroatoms. The van der Waals surface area contributed by atoms with Crippen molar-refractivity contribution in [1.29, 1.82) is 0 Å². The zero-order valence-electron chi connectivity index (χ0n) is 12.7. The first-order chi connectivity index (χ1) is 9.60. The van der Waals surface area contributed by atoms with Gasteiger partial charge >= 0.3 is 0 Å². The van der Waals surface area contributed by atoms with Gasteiger partial charge in [-0.25, -0.2) is 0 Å². The number of hydrogen-bond acceptors (Lipinski definition) is 3. The number of aryl methyl sites for hydroxylation is 1. The van der Waals surface area contributed by atoms with Crippen molar-refractivity contribution < 1.29 is 9.94 Å². The Bertz CT molecular complexity index is 444. The van der Waals surface area contributed by atoms with Gasteiger partial charge in [0.15, 0.2) is 5.84 Å². The summed E-state index contributed by atoms with van der Waals surface area (Å²) < 4.78 is 6.01. The molecule has 112 valence electrons. The Kier molecular flexibility index (Phi) is 6.91. The van der Waals surface area contributed by atoms with Gasteiger partial charge in [0.05, 0.1) is 11.7 Å². The predicted molar refractivity (Wildman–Crippen MR) is 82.5 cm³/mol. The van der Waals surface area contributed by atoms with Crippen molar-refractivity contribution in [3.05, 3.63) is 29.3 Å². The van der Waals surface area contributed by atoms with E-state index in [0.717, 1.165) is 12.0 Å². The van der Waals surface area contributed by atoms with Gasteiger partial charge in [-0.3, -0.25) is 0 Å². The minimum absolute atomic E-state index is 0.0851. The van der Waals surface area contributed by atoms with Gasteiger partial charge in [-0.2, -0.15) is 0 Å². The number of nitrogens with zero attached hydrogens (tertiary/aromatic N) is 1. The number of rotatable bonds is 8. The average Bonchev–Trinajstić information content (AvgIpc) is 2.45. The van der Waals surface area contributed by atoms with Crippen molar-refractivity contribution in [3.63, 3.8) is 0 Å². The summed E-state index contributed by atoms with van der Waals surface area (Å²) in [6.07, 6.45) is 6.06. The Labute approximate surface area is 121 Å². The van der Waals surface area contributed by atoms with Crippen molar-refractivity contribution in [1.82, 2.24) is 0 Å². The van der Waals surface area contributed by atoms with Crippen LogP contribution in [0.15, 0.2) is 23.4 Å². The van der Waals surface area contributed by atoms with Gasteiger partial charge in [0, 0.05) is 0 Å². The molecule has 0 amide bonds. The van der Waals surface area contributed by atoms with E-state index in [1.807, 2.05) is 19.1 Å². The Hall–Kier alpha value is -1.71. The van der Waals surface area contributed by atoms with Gasteiger partial charge in [-0.05, 0) is 38.3 Å². The molecule has 0 fully saturated rings. The van der Waals surface area contributed by atoms with E-state index in [4.69, 9.17) is 15.7 Å². The van der Waals surface area contributed by atoms with Gasteiger partial charge in [0.25, 0.3) is 0 Å². The number of unbranched alkanes of at least 4 members (excludes halogenated alkanes) is 3. The van der Waals surface area contributed by atoms with Crippen molar-refractivity contribution in [2.45, 2.75) is 59.0 Å². The lowest BCUT2D eigenvalue weighted by Crippen LogP contribution is -2.19. The summed E-state index contributed by atoms with van der Waals surface area (Å²) in [5, 5.41) is 11.9. The third-order valence-electron chi connectivity index (χ3n) is 3.38. The monoisotopic (exact) mass is 278 g/mol. The summed E-state index contributed by atoms with van der Waals surface area (Å²) in [5.74, 6) is 0.799. The summed E-state index contributed by atoms with van der Waals surface area (Å²) >= 11 is 0. The van der Waals surface area contributed by atoms with Crippen LogP contribution in [0.5, 0.6) is 5.75 Å². The maximum atomic E-state index is 8.85. The fraction of sp³-hybridized carbons (Fsp3) is 0.562. The van der Waals surface area contributed by atoms with Crippen molar-refractivity contribution in [3.8, 4) is 5.75 Å². The third-order valence-corrected chi connectivity index (χ3v) is 3.38. The smallest absolute Gasteiger partial charge is 0.173 e. The number of oxime groups is 1. The van der Waals surface area contributed by atoms with Crippen LogP contribution >= 0.6 is 0 Å². The van der Waals surface area contributed by atoms with Crippen molar-refractivity contribution in [2.24, 2.45) is 10.9 Å². The van der Waals surface area contributed by atoms with E-state index >= 15 is 0 Å². The summed E-state index contributed by atoms with van der Waals surface area (Å²) in [6.45, 7) is 6.23. The van der Waals surface area contributed by atoms with Crippen molar-refractivity contribution >= 4 is 5.84 Å². The SMILES string of the molecule is CCCCCCC(C)Oc1c(C)cccc1/C(N)=N/O. The largest absolute Gasteiger partial charge is 0.490 e. The van der Waals surface area contributed by atoms with E-state index < -0.39 is 0 Å². The fourth-order valence-corrected chi connectivity index (χ4v) is 2.18. The second-order valence-electron chi connectivity index (χ2n) is 5.21.